The molecule has 0 aromatic carbocycles. The van der Waals surface area contributed by atoms with Gasteiger partial charge in [0.15, 0.2) is 17.3 Å². The number of hydrogen-bond donors (Lipinski definition) is 3. The lowest BCUT2D eigenvalue weighted by Crippen LogP contribution is -2.24. The van der Waals surface area contributed by atoms with E-state index in [9.17, 15) is 4.79 Å². The van der Waals surface area contributed by atoms with Crippen LogP contribution in [0.25, 0.3) is 56.0 Å². The number of pyridine rings is 4. The lowest BCUT2D eigenvalue weighted by molar-refractivity contribution is -0.120. The molecule has 0 atom stereocenters. The van der Waals surface area contributed by atoms with E-state index >= 15 is 4.39 Å². The first kappa shape index (κ1) is 24.0. The fourth-order valence-corrected chi connectivity index (χ4v) is 5.39. The second-order valence-electron chi connectivity index (χ2n) is 9.95. The normalized spacial score (nSPS) is 14.1. The summed E-state index contributed by atoms with van der Waals surface area (Å²) < 4.78 is 16.1. The Labute approximate surface area is 227 Å². The molecule has 6 heterocycles. The molecule has 198 valence electrons. The van der Waals surface area contributed by atoms with Crippen LogP contribution in [0.4, 0.5) is 10.1 Å². The average molecular weight is 534 g/mol. The van der Waals surface area contributed by atoms with Gasteiger partial charge >= 0.3 is 0 Å². The molecule has 6 aromatic rings. The monoisotopic (exact) mass is 533 g/mol. The number of carbonyl (C=O) groups excluding carboxylic acids is 1. The van der Waals surface area contributed by atoms with Crippen LogP contribution in [0.15, 0.2) is 61.4 Å². The minimum Gasteiger partial charge on any atom is -0.335 e. The van der Waals surface area contributed by atoms with Gasteiger partial charge in [-0.05, 0) is 42.7 Å². The van der Waals surface area contributed by atoms with Gasteiger partial charge in [-0.15, -0.1) is 0 Å². The summed E-state index contributed by atoms with van der Waals surface area (Å²) in [6.45, 7) is 0. The van der Waals surface area contributed by atoms with Crippen LogP contribution in [0.2, 0.25) is 0 Å². The number of aromatic amines is 2. The van der Waals surface area contributed by atoms with Crippen LogP contribution in [-0.2, 0) is 4.79 Å². The first-order valence-corrected chi connectivity index (χ1v) is 13.2. The van der Waals surface area contributed by atoms with E-state index in [0.717, 1.165) is 36.8 Å². The number of hydrogen-bond acceptors (Lipinski definition) is 7. The molecule has 0 radical (unpaired) electrons. The van der Waals surface area contributed by atoms with Crippen LogP contribution in [0.3, 0.4) is 0 Å². The zero-order valence-electron chi connectivity index (χ0n) is 21.4. The molecule has 1 amide bonds. The molecular formula is C29H24FN9O. The van der Waals surface area contributed by atoms with E-state index in [4.69, 9.17) is 0 Å². The van der Waals surface area contributed by atoms with Gasteiger partial charge in [0.1, 0.15) is 11.4 Å². The molecule has 0 saturated heterocycles. The lowest BCUT2D eigenvalue weighted by Gasteiger charge is -2.20. The summed E-state index contributed by atoms with van der Waals surface area (Å²) in [5.41, 5.74) is 4.83. The third kappa shape index (κ3) is 4.25. The SMILES string of the molecule is O=C(Nc1cncc(-c2ncc3[nH]nc(-c4nc5nccc(-c6ccncc6)c5[nH]4)c3c2F)c1)C1CCCCC1. The van der Waals surface area contributed by atoms with Gasteiger partial charge in [-0.2, -0.15) is 5.10 Å². The number of nitrogens with one attached hydrogen (secondary N) is 3. The first-order chi connectivity index (χ1) is 19.7. The molecule has 10 nitrogen and oxygen atoms in total. The zero-order chi connectivity index (χ0) is 27.1. The minimum absolute atomic E-state index is 0.00511. The standard InChI is InChI=1S/C29H24FN9O/c30-23-22-21(15-34-24(23)18-12-19(14-32-13-18)35-29(40)17-4-2-1-3-5-17)38-39-26(22)28-36-25-20(8-11-33-27(25)37-28)16-6-9-31-10-7-16/h6-15,17H,1-5H2,(H,35,40)(H,38,39)(H,33,36,37). The Hall–Kier alpha value is -5.06. The summed E-state index contributed by atoms with van der Waals surface area (Å²) >= 11 is 0. The predicted octanol–water partition coefficient (Wildman–Crippen LogP) is 5.68. The first-order valence-electron chi connectivity index (χ1n) is 13.2. The summed E-state index contributed by atoms with van der Waals surface area (Å²) in [5.74, 6) is -0.224. The largest absolute Gasteiger partial charge is 0.335 e. The summed E-state index contributed by atoms with van der Waals surface area (Å²) in [4.78, 5) is 37.7. The Morgan fingerprint density at radius 3 is 2.62 bits per heavy atom. The highest BCUT2D eigenvalue weighted by atomic mass is 19.1. The van der Waals surface area contributed by atoms with E-state index in [1.54, 1.807) is 30.9 Å². The van der Waals surface area contributed by atoms with Crippen molar-refractivity contribution in [3.63, 3.8) is 0 Å². The Kier molecular flexibility index (Phi) is 5.95. The lowest BCUT2D eigenvalue weighted by atomic mass is 9.88. The number of halogens is 1. The fraction of sp³-hybridized carbons (Fsp3) is 0.207. The molecule has 1 saturated carbocycles. The molecule has 6 aromatic heterocycles. The van der Waals surface area contributed by atoms with Crippen LogP contribution in [-0.4, -0.2) is 46.0 Å². The smallest absolute Gasteiger partial charge is 0.227 e. The predicted molar refractivity (Wildman–Crippen MR) is 148 cm³/mol. The van der Waals surface area contributed by atoms with Crippen molar-refractivity contribution in [3.05, 3.63) is 67.3 Å². The molecule has 3 N–H and O–H groups in total. The van der Waals surface area contributed by atoms with Gasteiger partial charge in [0.25, 0.3) is 0 Å². The Balaban J connectivity index is 1.26. The number of anilines is 1. The van der Waals surface area contributed by atoms with Crippen molar-refractivity contribution < 1.29 is 9.18 Å². The summed E-state index contributed by atoms with van der Waals surface area (Å²) in [7, 11) is 0. The quantitative estimate of drug-likeness (QED) is 0.259. The van der Waals surface area contributed by atoms with Crippen molar-refractivity contribution in [1.29, 1.82) is 0 Å². The van der Waals surface area contributed by atoms with E-state index in [2.05, 4.69) is 45.4 Å². The van der Waals surface area contributed by atoms with E-state index in [1.165, 1.54) is 18.8 Å². The number of rotatable bonds is 5. The van der Waals surface area contributed by atoms with Crippen molar-refractivity contribution in [2.45, 2.75) is 32.1 Å². The second-order valence-corrected chi connectivity index (χ2v) is 9.95. The van der Waals surface area contributed by atoms with Crippen LogP contribution in [0.1, 0.15) is 32.1 Å². The molecule has 0 bridgehead atoms. The van der Waals surface area contributed by atoms with Gasteiger partial charge in [0.2, 0.25) is 5.91 Å². The van der Waals surface area contributed by atoms with Crippen LogP contribution in [0, 0.1) is 11.7 Å². The van der Waals surface area contributed by atoms with Gasteiger partial charge in [0.05, 0.1) is 34.5 Å². The topological polar surface area (TPSA) is 138 Å². The van der Waals surface area contributed by atoms with Crippen molar-refractivity contribution in [3.8, 4) is 33.9 Å². The molecular weight excluding hydrogens is 509 g/mol. The zero-order valence-corrected chi connectivity index (χ0v) is 21.4. The highest BCUT2D eigenvalue weighted by Crippen LogP contribution is 2.34. The number of carbonyl (C=O) groups is 1. The van der Waals surface area contributed by atoms with Gasteiger partial charge in [-0.1, -0.05) is 19.3 Å². The Morgan fingerprint density at radius 2 is 1.77 bits per heavy atom. The number of amides is 1. The second kappa shape index (κ2) is 9.92. The molecule has 0 aliphatic heterocycles. The van der Waals surface area contributed by atoms with Crippen LogP contribution >= 0.6 is 0 Å². The summed E-state index contributed by atoms with van der Waals surface area (Å²) in [6, 6.07) is 7.38. The number of H-pyrrole nitrogens is 2. The number of aromatic nitrogens is 8. The Bertz CT molecular complexity index is 1860. The molecule has 11 heteroatoms. The van der Waals surface area contributed by atoms with Gasteiger partial charge in [-0.25, -0.2) is 14.4 Å². The molecule has 7 rings (SSSR count). The third-order valence-corrected chi connectivity index (χ3v) is 7.41. The Morgan fingerprint density at radius 1 is 0.925 bits per heavy atom. The van der Waals surface area contributed by atoms with E-state index < -0.39 is 5.82 Å². The van der Waals surface area contributed by atoms with Crippen molar-refractivity contribution in [2.75, 3.05) is 5.32 Å². The number of nitrogens with zero attached hydrogens (tertiary/aromatic N) is 6. The van der Waals surface area contributed by atoms with Crippen molar-refractivity contribution in [1.82, 2.24) is 40.1 Å². The number of imidazole rings is 1. The fourth-order valence-electron chi connectivity index (χ4n) is 5.39. The molecule has 0 spiro atoms. The molecule has 0 unspecified atom stereocenters. The molecule has 1 aliphatic rings. The third-order valence-electron chi connectivity index (χ3n) is 7.41. The van der Waals surface area contributed by atoms with Gasteiger partial charge in [0, 0.05) is 41.8 Å². The van der Waals surface area contributed by atoms with Gasteiger partial charge < -0.3 is 10.3 Å². The highest BCUT2D eigenvalue weighted by Gasteiger charge is 2.23. The average Bonchev–Trinajstić information content (AvgIpc) is 3.63. The number of fused-ring (bicyclic) bond motifs is 2. The maximum Gasteiger partial charge on any atom is 0.227 e. The van der Waals surface area contributed by atoms with E-state index in [0.29, 0.717) is 39.4 Å². The summed E-state index contributed by atoms with van der Waals surface area (Å²) in [6.07, 6.45) is 14.8. The summed E-state index contributed by atoms with van der Waals surface area (Å²) in [5, 5.41) is 10.4. The molecule has 1 aliphatic carbocycles. The maximum atomic E-state index is 16.1. The van der Waals surface area contributed by atoms with Gasteiger partial charge in [-0.3, -0.25) is 24.8 Å². The molecule has 1 fully saturated rings. The molecule has 40 heavy (non-hydrogen) atoms. The van der Waals surface area contributed by atoms with Crippen molar-refractivity contribution >= 4 is 33.7 Å². The highest BCUT2D eigenvalue weighted by molar-refractivity contribution is 5.97. The maximum absolute atomic E-state index is 16.1. The van der Waals surface area contributed by atoms with Crippen molar-refractivity contribution in [2.24, 2.45) is 5.92 Å². The van der Waals surface area contributed by atoms with E-state index in [-0.39, 0.29) is 22.9 Å². The van der Waals surface area contributed by atoms with Crippen LogP contribution < -0.4 is 5.32 Å². The minimum atomic E-state index is -0.568. The van der Waals surface area contributed by atoms with E-state index in [1.807, 2.05) is 18.2 Å². The van der Waals surface area contributed by atoms with Crippen LogP contribution in [0.5, 0.6) is 0 Å².